The monoisotopic (exact) mass is 163 g/mol. The standard InChI is InChI=1S/C9H13N3/c1-6-8(11)4-3-5-9(6)12-7(2)10/h3-5H,11H2,1-2H3,(H2,10,12). The van der Waals surface area contributed by atoms with Crippen molar-refractivity contribution in [2.75, 3.05) is 5.73 Å². The molecule has 0 radical (unpaired) electrons. The third kappa shape index (κ3) is 1.75. The Balaban J connectivity index is 3.17. The normalized spacial score (nSPS) is 11.7. The Morgan fingerprint density at radius 3 is 2.67 bits per heavy atom. The minimum atomic E-state index is 0.545. The van der Waals surface area contributed by atoms with Gasteiger partial charge >= 0.3 is 0 Å². The number of nitrogens with two attached hydrogens (primary N) is 2. The summed E-state index contributed by atoms with van der Waals surface area (Å²) in [6.45, 7) is 3.68. The molecule has 0 saturated heterocycles. The highest BCUT2D eigenvalue weighted by Crippen LogP contribution is 2.22. The minimum Gasteiger partial charge on any atom is -0.398 e. The van der Waals surface area contributed by atoms with Gasteiger partial charge in [-0.25, -0.2) is 4.99 Å². The fourth-order valence-corrected chi connectivity index (χ4v) is 0.952. The SMILES string of the molecule is CC(N)=Nc1cccc(N)c1C. The molecule has 0 saturated carbocycles. The molecule has 0 aliphatic rings. The molecule has 0 aliphatic heterocycles. The van der Waals surface area contributed by atoms with E-state index in [1.54, 1.807) is 6.92 Å². The van der Waals surface area contributed by atoms with Crippen LogP contribution < -0.4 is 11.5 Å². The Kier molecular flexibility index (Phi) is 2.33. The number of nitrogens with zero attached hydrogens (tertiary/aromatic N) is 1. The van der Waals surface area contributed by atoms with Gasteiger partial charge < -0.3 is 11.5 Å². The van der Waals surface area contributed by atoms with Crippen LogP contribution >= 0.6 is 0 Å². The molecule has 1 aromatic rings. The van der Waals surface area contributed by atoms with Crippen molar-refractivity contribution in [2.24, 2.45) is 10.7 Å². The lowest BCUT2D eigenvalue weighted by atomic mass is 10.1. The molecular formula is C9H13N3. The van der Waals surface area contributed by atoms with Gasteiger partial charge in [0.05, 0.1) is 11.5 Å². The summed E-state index contributed by atoms with van der Waals surface area (Å²) in [5.41, 5.74) is 13.7. The summed E-state index contributed by atoms with van der Waals surface area (Å²) in [6, 6.07) is 5.60. The van der Waals surface area contributed by atoms with Crippen LogP contribution in [0.4, 0.5) is 11.4 Å². The average Bonchev–Trinajstić information content (AvgIpc) is 1.98. The highest BCUT2D eigenvalue weighted by atomic mass is 14.8. The number of hydrogen-bond acceptors (Lipinski definition) is 2. The molecule has 1 aromatic carbocycles. The molecule has 0 fully saturated rings. The lowest BCUT2D eigenvalue weighted by Gasteiger charge is -2.03. The van der Waals surface area contributed by atoms with Gasteiger partial charge in [0.2, 0.25) is 0 Å². The first-order valence-corrected chi connectivity index (χ1v) is 3.77. The van der Waals surface area contributed by atoms with Crippen molar-refractivity contribution in [2.45, 2.75) is 13.8 Å². The molecule has 0 aromatic heterocycles. The fourth-order valence-electron chi connectivity index (χ4n) is 0.952. The van der Waals surface area contributed by atoms with E-state index in [1.807, 2.05) is 25.1 Å². The number of nitrogen functional groups attached to an aromatic ring is 1. The van der Waals surface area contributed by atoms with Crippen molar-refractivity contribution in [3.63, 3.8) is 0 Å². The molecule has 0 amide bonds. The van der Waals surface area contributed by atoms with Crippen LogP contribution in [0, 0.1) is 6.92 Å². The molecule has 12 heavy (non-hydrogen) atoms. The largest absolute Gasteiger partial charge is 0.398 e. The van der Waals surface area contributed by atoms with Crippen LogP contribution in [0.1, 0.15) is 12.5 Å². The van der Waals surface area contributed by atoms with E-state index >= 15 is 0 Å². The van der Waals surface area contributed by atoms with Crippen molar-refractivity contribution in [1.29, 1.82) is 0 Å². The van der Waals surface area contributed by atoms with Gasteiger partial charge in [0.25, 0.3) is 0 Å². The Morgan fingerprint density at radius 2 is 2.08 bits per heavy atom. The number of rotatable bonds is 1. The predicted octanol–water partition coefficient (Wildman–Crippen LogP) is 1.59. The second kappa shape index (κ2) is 3.26. The molecule has 0 heterocycles. The van der Waals surface area contributed by atoms with Gasteiger partial charge in [-0.3, -0.25) is 0 Å². The molecular weight excluding hydrogens is 150 g/mol. The van der Waals surface area contributed by atoms with Crippen LogP contribution in [0.3, 0.4) is 0 Å². The summed E-state index contributed by atoms with van der Waals surface area (Å²) >= 11 is 0. The van der Waals surface area contributed by atoms with E-state index in [0.29, 0.717) is 5.84 Å². The quantitative estimate of drug-likeness (QED) is 0.375. The summed E-state index contributed by atoms with van der Waals surface area (Å²) in [5, 5.41) is 0. The van der Waals surface area contributed by atoms with Crippen molar-refractivity contribution in [1.82, 2.24) is 0 Å². The second-order valence-corrected chi connectivity index (χ2v) is 2.74. The highest BCUT2D eigenvalue weighted by Gasteiger charge is 1.98. The molecule has 3 nitrogen and oxygen atoms in total. The van der Waals surface area contributed by atoms with E-state index in [0.717, 1.165) is 16.9 Å². The second-order valence-electron chi connectivity index (χ2n) is 2.74. The number of aliphatic imine (C=N–C) groups is 1. The molecule has 1 rings (SSSR count). The van der Waals surface area contributed by atoms with E-state index in [2.05, 4.69) is 4.99 Å². The van der Waals surface area contributed by atoms with Gasteiger partial charge in [-0.1, -0.05) is 6.07 Å². The van der Waals surface area contributed by atoms with Gasteiger partial charge in [0, 0.05) is 5.69 Å². The molecule has 0 spiro atoms. The first-order valence-electron chi connectivity index (χ1n) is 3.77. The van der Waals surface area contributed by atoms with Gasteiger partial charge in [-0.05, 0) is 31.5 Å². The number of anilines is 1. The van der Waals surface area contributed by atoms with Crippen LogP contribution in [-0.2, 0) is 0 Å². The zero-order valence-electron chi connectivity index (χ0n) is 7.33. The first-order chi connectivity index (χ1) is 5.61. The lowest BCUT2D eigenvalue weighted by molar-refractivity contribution is 1.37. The van der Waals surface area contributed by atoms with E-state index in [1.165, 1.54) is 0 Å². The molecule has 0 aliphatic carbocycles. The van der Waals surface area contributed by atoms with Crippen molar-refractivity contribution in [3.05, 3.63) is 23.8 Å². The number of benzene rings is 1. The van der Waals surface area contributed by atoms with Crippen molar-refractivity contribution in [3.8, 4) is 0 Å². The number of amidine groups is 1. The topological polar surface area (TPSA) is 64.4 Å². The highest BCUT2D eigenvalue weighted by molar-refractivity contribution is 5.81. The Morgan fingerprint density at radius 1 is 1.42 bits per heavy atom. The van der Waals surface area contributed by atoms with Crippen molar-refractivity contribution < 1.29 is 0 Å². The number of hydrogen-bond donors (Lipinski definition) is 2. The molecule has 4 N–H and O–H groups in total. The van der Waals surface area contributed by atoms with Crippen LogP contribution in [0.5, 0.6) is 0 Å². The maximum atomic E-state index is 5.69. The fraction of sp³-hybridized carbons (Fsp3) is 0.222. The zero-order chi connectivity index (χ0) is 9.14. The maximum Gasteiger partial charge on any atom is 0.0965 e. The Hall–Kier alpha value is -1.51. The summed E-state index contributed by atoms with van der Waals surface area (Å²) in [6.07, 6.45) is 0. The van der Waals surface area contributed by atoms with Crippen LogP contribution in [0.2, 0.25) is 0 Å². The van der Waals surface area contributed by atoms with Crippen molar-refractivity contribution >= 4 is 17.2 Å². The van der Waals surface area contributed by atoms with Crippen LogP contribution in [-0.4, -0.2) is 5.84 Å². The maximum absolute atomic E-state index is 5.69. The van der Waals surface area contributed by atoms with Gasteiger partial charge in [0.1, 0.15) is 0 Å². The van der Waals surface area contributed by atoms with E-state index in [9.17, 15) is 0 Å². The van der Waals surface area contributed by atoms with E-state index < -0.39 is 0 Å². The zero-order valence-corrected chi connectivity index (χ0v) is 7.33. The third-order valence-electron chi connectivity index (χ3n) is 1.64. The lowest BCUT2D eigenvalue weighted by Crippen LogP contribution is -2.04. The smallest absolute Gasteiger partial charge is 0.0965 e. The first kappa shape index (κ1) is 8.59. The summed E-state index contributed by atoms with van der Waals surface area (Å²) in [5.74, 6) is 0.545. The van der Waals surface area contributed by atoms with Gasteiger partial charge in [-0.2, -0.15) is 0 Å². The predicted molar refractivity (Wildman–Crippen MR) is 52.5 cm³/mol. The Bertz CT molecular complexity index is 312. The molecule has 3 heteroatoms. The van der Waals surface area contributed by atoms with Crippen LogP contribution in [0.15, 0.2) is 23.2 Å². The molecule has 0 atom stereocenters. The van der Waals surface area contributed by atoms with E-state index in [-0.39, 0.29) is 0 Å². The summed E-state index contributed by atoms with van der Waals surface area (Å²) in [7, 11) is 0. The Labute approximate surface area is 72.1 Å². The minimum absolute atomic E-state index is 0.545. The third-order valence-corrected chi connectivity index (χ3v) is 1.64. The van der Waals surface area contributed by atoms with Gasteiger partial charge in [-0.15, -0.1) is 0 Å². The van der Waals surface area contributed by atoms with Crippen LogP contribution in [0.25, 0.3) is 0 Å². The van der Waals surface area contributed by atoms with Gasteiger partial charge in [0.15, 0.2) is 0 Å². The molecule has 0 unspecified atom stereocenters. The summed E-state index contributed by atoms with van der Waals surface area (Å²) < 4.78 is 0. The average molecular weight is 163 g/mol. The molecule has 64 valence electrons. The van der Waals surface area contributed by atoms with E-state index in [4.69, 9.17) is 11.5 Å². The summed E-state index contributed by atoms with van der Waals surface area (Å²) in [4.78, 5) is 4.13. The molecule has 0 bridgehead atoms.